The number of aryl methyl sites for hydroxylation is 1. The highest BCUT2D eigenvalue weighted by Crippen LogP contribution is 2.29. The first-order chi connectivity index (χ1) is 7.02. The van der Waals surface area contributed by atoms with Crippen LogP contribution in [0.3, 0.4) is 0 Å². The zero-order chi connectivity index (χ0) is 11.6. The molecule has 0 aliphatic rings. The van der Waals surface area contributed by atoms with Crippen LogP contribution in [0.15, 0.2) is 6.07 Å². The molecule has 0 fully saturated rings. The smallest absolute Gasteiger partial charge is 0.124 e. The molecule has 0 spiro atoms. The first-order valence-electron chi connectivity index (χ1n) is 4.89. The minimum Gasteiger partial charge on any atom is -0.496 e. The normalized spacial score (nSPS) is 12.7. The van der Waals surface area contributed by atoms with E-state index in [9.17, 15) is 0 Å². The van der Waals surface area contributed by atoms with Gasteiger partial charge in [-0.2, -0.15) is 0 Å². The van der Waals surface area contributed by atoms with Gasteiger partial charge in [-0.25, -0.2) is 5.43 Å². The van der Waals surface area contributed by atoms with Gasteiger partial charge in [0.2, 0.25) is 0 Å². The number of hydrazine groups is 1. The summed E-state index contributed by atoms with van der Waals surface area (Å²) in [7, 11) is 1.68. The minimum atomic E-state index is -0.340. The van der Waals surface area contributed by atoms with Gasteiger partial charge in [0.1, 0.15) is 5.75 Å². The van der Waals surface area contributed by atoms with E-state index in [0.29, 0.717) is 0 Å². The number of rotatable bonds is 3. The first kappa shape index (κ1) is 12.0. The van der Waals surface area contributed by atoms with Crippen molar-refractivity contribution in [3.63, 3.8) is 0 Å². The third-order valence-corrected chi connectivity index (χ3v) is 2.79. The molecule has 84 valence electrons. The van der Waals surface area contributed by atoms with Crippen LogP contribution in [0.2, 0.25) is 0 Å². The first-order valence-corrected chi connectivity index (χ1v) is 4.89. The van der Waals surface area contributed by atoms with Crippen molar-refractivity contribution in [2.75, 3.05) is 7.11 Å². The molecule has 4 nitrogen and oxygen atoms in total. The van der Waals surface area contributed by atoms with Crippen LogP contribution in [0, 0.1) is 20.8 Å². The molecule has 0 aliphatic carbocycles. The van der Waals surface area contributed by atoms with Crippen molar-refractivity contribution in [2.24, 2.45) is 11.6 Å². The van der Waals surface area contributed by atoms with Crippen LogP contribution >= 0.6 is 0 Å². The second kappa shape index (κ2) is 4.61. The average molecular weight is 209 g/mol. The number of benzene rings is 1. The van der Waals surface area contributed by atoms with Crippen molar-refractivity contribution in [2.45, 2.75) is 26.9 Å². The lowest BCUT2D eigenvalue weighted by Crippen LogP contribution is -2.34. The van der Waals surface area contributed by atoms with E-state index in [1.807, 2.05) is 26.8 Å². The summed E-state index contributed by atoms with van der Waals surface area (Å²) < 4.78 is 5.33. The van der Waals surface area contributed by atoms with Crippen LogP contribution in [0.5, 0.6) is 5.75 Å². The topological polar surface area (TPSA) is 73.3 Å². The summed E-state index contributed by atoms with van der Waals surface area (Å²) in [5.74, 6) is 6.25. The van der Waals surface area contributed by atoms with Gasteiger partial charge in [0.25, 0.3) is 0 Å². The van der Waals surface area contributed by atoms with Gasteiger partial charge in [-0.15, -0.1) is 0 Å². The van der Waals surface area contributed by atoms with Crippen molar-refractivity contribution >= 4 is 0 Å². The second-order valence-electron chi connectivity index (χ2n) is 3.71. The number of hydrogen-bond donors (Lipinski definition) is 3. The van der Waals surface area contributed by atoms with E-state index >= 15 is 0 Å². The lowest BCUT2D eigenvalue weighted by atomic mass is 9.97. The van der Waals surface area contributed by atoms with Crippen molar-refractivity contribution in [3.05, 3.63) is 28.3 Å². The summed E-state index contributed by atoms with van der Waals surface area (Å²) in [6, 6.07) is 2.01. The third kappa shape index (κ3) is 2.12. The fourth-order valence-electron chi connectivity index (χ4n) is 1.82. The van der Waals surface area contributed by atoms with Crippen molar-refractivity contribution in [1.29, 1.82) is 0 Å². The predicted molar refractivity (Wildman–Crippen MR) is 61.5 cm³/mol. The fourth-order valence-corrected chi connectivity index (χ4v) is 1.82. The van der Waals surface area contributed by atoms with Crippen LogP contribution in [0.4, 0.5) is 0 Å². The van der Waals surface area contributed by atoms with E-state index in [1.54, 1.807) is 7.11 Å². The standard InChI is InChI=1S/C11H19N3O/c1-6-5-9(11(12)14-13)7(2)8(3)10(6)15-4/h5,11,14H,12-13H2,1-4H3. The molecule has 1 aromatic carbocycles. The average Bonchev–Trinajstić information content (AvgIpc) is 2.23. The lowest BCUT2D eigenvalue weighted by molar-refractivity contribution is 0.407. The van der Waals surface area contributed by atoms with Gasteiger partial charge in [-0.3, -0.25) is 5.84 Å². The number of nitrogens with two attached hydrogens (primary N) is 2. The Hall–Kier alpha value is -1.10. The quantitative estimate of drug-likeness (QED) is 0.395. The van der Waals surface area contributed by atoms with Gasteiger partial charge in [0.15, 0.2) is 0 Å². The summed E-state index contributed by atoms with van der Waals surface area (Å²) in [4.78, 5) is 0. The predicted octanol–water partition coefficient (Wildman–Crippen LogP) is 1.04. The molecule has 1 atom stereocenters. The molecule has 0 radical (unpaired) electrons. The Morgan fingerprint density at radius 2 is 1.87 bits per heavy atom. The molecule has 0 aromatic heterocycles. The maximum Gasteiger partial charge on any atom is 0.124 e. The highest BCUT2D eigenvalue weighted by Gasteiger charge is 2.14. The summed E-state index contributed by atoms with van der Waals surface area (Å²) >= 11 is 0. The van der Waals surface area contributed by atoms with E-state index < -0.39 is 0 Å². The van der Waals surface area contributed by atoms with E-state index in [4.69, 9.17) is 16.3 Å². The molecule has 0 aliphatic heterocycles. The molecule has 0 saturated heterocycles. The Kier molecular flexibility index (Phi) is 3.68. The molecule has 4 heteroatoms. The van der Waals surface area contributed by atoms with Crippen LogP contribution in [0.1, 0.15) is 28.4 Å². The van der Waals surface area contributed by atoms with Gasteiger partial charge in [0.05, 0.1) is 13.3 Å². The Bertz CT molecular complexity index is 363. The molecule has 0 bridgehead atoms. The van der Waals surface area contributed by atoms with Crippen LogP contribution in [0.25, 0.3) is 0 Å². The van der Waals surface area contributed by atoms with Gasteiger partial charge in [0, 0.05) is 0 Å². The van der Waals surface area contributed by atoms with Crippen LogP contribution in [-0.4, -0.2) is 7.11 Å². The van der Waals surface area contributed by atoms with Gasteiger partial charge >= 0.3 is 0 Å². The zero-order valence-electron chi connectivity index (χ0n) is 9.72. The zero-order valence-corrected chi connectivity index (χ0v) is 9.72. The number of hydrogen-bond acceptors (Lipinski definition) is 4. The van der Waals surface area contributed by atoms with Gasteiger partial charge in [-0.1, -0.05) is 0 Å². The monoisotopic (exact) mass is 209 g/mol. The van der Waals surface area contributed by atoms with Gasteiger partial charge in [-0.05, 0) is 49.1 Å². The van der Waals surface area contributed by atoms with E-state index in [0.717, 1.165) is 28.0 Å². The minimum absolute atomic E-state index is 0.340. The van der Waals surface area contributed by atoms with Crippen molar-refractivity contribution < 1.29 is 4.74 Å². The fraction of sp³-hybridized carbons (Fsp3) is 0.455. The molecule has 1 aromatic rings. The third-order valence-electron chi connectivity index (χ3n) is 2.79. The number of methoxy groups -OCH3 is 1. The molecule has 15 heavy (non-hydrogen) atoms. The Morgan fingerprint density at radius 3 is 2.33 bits per heavy atom. The maximum absolute atomic E-state index is 5.85. The van der Waals surface area contributed by atoms with E-state index in [2.05, 4.69) is 5.43 Å². The molecule has 5 N–H and O–H groups in total. The highest BCUT2D eigenvalue weighted by molar-refractivity contribution is 5.49. The Balaban J connectivity index is 3.33. The second-order valence-corrected chi connectivity index (χ2v) is 3.71. The molecule has 0 amide bonds. The Labute approximate surface area is 90.6 Å². The maximum atomic E-state index is 5.85. The molecular weight excluding hydrogens is 190 g/mol. The summed E-state index contributed by atoms with van der Waals surface area (Å²) in [5, 5.41) is 0. The SMILES string of the molecule is COc1c(C)cc(C(N)NN)c(C)c1C. The van der Waals surface area contributed by atoms with E-state index in [-0.39, 0.29) is 6.17 Å². The van der Waals surface area contributed by atoms with Crippen molar-refractivity contribution in [1.82, 2.24) is 5.43 Å². The molecular formula is C11H19N3O. The number of ether oxygens (including phenoxy) is 1. The Morgan fingerprint density at radius 1 is 1.27 bits per heavy atom. The molecule has 1 unspecified atom stereocenters. The summed E-state index contributed by atoms with van der Waals surface area (Å²) in [6.07, 6.45) is -0.340. The summed E-state index contributed by atoms with van der Waals surface area (Å²) in [5.41, 5.74) is 12.7. The van der Waals surface area contributed by atoms with Crippen molar-refractivity contribution in [3.8, 4) is 5.75 Å². The van der Waals surface area contributed by atoms with E-state index in [1.165, 1.54) is 0 Å². The van der Waals surface area contributed by atoms with Crippen LogP contribution < -0.4 is 21.7 Å². The molecule has 1 rings (SSSR count). The number of nitrogens with one attached hydrogen (secondary N) is 1. The van der Waals surface area contributed by atoms with Gasteiger partial charge < -0.3 is 10.5 Å². The largest absolute Gasteiger partial charge is 0.496 e. The summed E-state index contributed by atoms with van der Waals surface area (Å²) in [6.45, 7) is 6.04. The highest BCUT2D eigenvalue weighted by atomic mass is 16.5. The van der Waals surface area contributed by atoms with Crippen LogP contribution in [-0.2, 0) is 0 Å². The molecule has 0 heterocycles. The lowest BCUT2D eigenvalue weighted by Gasteiger charge is -2.19. The molecule has 0 saturated carbocycles.